The van der Waals surface area contributed by atoms with Crippen molar-refractivity contribution in [3.05, 3.63) is 35.0 Å². The summed E-state index contributed by atoms with van der Waals surface area (Å²) in [7, 11) is 0. The Morgan fingerprint density at radius 3 is 3.00 bits per heavy atom. The Morgan fingerprint density at radius 1 is 1.50 bits per heavy atom. The number of fused-ring (bicyclic) bond motifs is 1. The van der Waals surface area contributed by atoms with Crippen molar-refractivity contribution >= 4 is 28.5 Å². The van der Waals surface area contributed by atoms with E-state index in [4.69, 9.17) is 16.7 Å². The Morgan fingerprint density at radius 2 is 2.29 bits per heavy atom. The number of carboxylic acids is 1. The predicted octanol–water partition coefficient (Wildman–Crippen LogP) is 2.45. The van der Waals surface area contributed by atoms with Gasteiger partial charge in [-0.1, -0.05) is 29.8 Å². The Balaban J connectivity index is 2.58. The number of hydrogen-bond donors (Lipinski definition) is 2. The van der Waals surface area contributed by atoms with Crippen LogP contribution in [0, 0.1) is 0 Å². The molecular weight excluding hydrogens is 202 g/mol. The summed E-state index contributed by atoms with van der Waals surface area (Å²) < 4.78 is 0. The van der Waals surface area contributed by atoms with Crippen molar-refractivity contribution < 1.29 is 9.90 Å². The Bertz CT molecular complexity index is 490. The number of carbonyl (C=O) groups is 1. The summed E-state index contributed by atoms with van der Waals surface area (Å²) in [5.74, 6) is -0.844. The molecule has 3 nitrogen and oxygen atoms in total. The van der Waals surface area contributed by atoms with Gasteiger partial charge in [-0.3, -0.25) is 4.79 Å². The molecule has 1 aromatic carbocycles. The van der Waals surface area contributed by atoms with E-state index in [0.29, 0.717) is 5.15 Å². The molecule has 2 N–H and O–H groups in total. The van der Waals surface area contributed by atoms with E-state index in [1.165, 1.54) is 0 Å². The largest absolute Gasteiger partial charge is 0.481 e. The average molecular weight is 210 g/mol. The van der Waals surface area contributed by atoms with Gasteiger partial charge in [0.25, 0.3) is 0 Å². The van der Waals surface area contributed by atoms with Crippen molar-refractivity contribution in [2.45, 2.75) is 6.42 Å². The summed E-state index contributed by atoms with van der Waals surface area (Å²) in [6, 6.07) is 7.28. The van der Waals surface area contributed by atoms with Gasteiger partial charge in [-0.15, -0.1) is 0 Å². The molecule has 0 aliphatic rings. The summed E-state index contributed by atoms with van der Waals surface area (Å²) in [6.07, 6.45) is 0.00812. The SMILES string of the molecule is O=C(O)Cc1cccc2cc(Cl)[nH]c12. The molecule has 1 aromatic heterocycles. The molecule has 0 atom stereocenters. The third kappa shape index (κ3) is 1.59. The van der Waals surface area contributed by atoms with E-state index in [-0.39, 0.29) is 6.42 Å². The van der Waals surface area contributed by atoms with Crippen LogP contribution in [0.3, 0.4) is 0 Å². The smallest absolute Gasteiger partial charge is 0.307 e. The molecule has 0 saturated heterocycles. The molecule has 2 rings (SSSR count). The summed E-state index contributed by atoms with van der Waals surface area (Å²) in [5.41, 5.74) is 1.56. The molecule has 0 aliphatic carbocycles. The van der Waals surface area contributed by atoms with Gasteiger partial charge in [0, 0.05) is 5.39 Å². The van der Waals surface area contributed by atoms with Crippen molar-refractivity contribution in [2.75, 3.05) is 0 Å². The standard InChI is InChI=1S/C10H8ClNO2/c11-8-4-6-2-1-3-7(5-9(13)14)10(6)12-8/h1-4,12H,5H2,(H,13,14). The molecule has 2 aromatic rings. The molecule has 1 heterocycles. The first-order valence-corrected chi connectivity index (χ1v) is 4.52. The molecule has 0 spiro atoms. The van der Waals surface area contributed by atoms with Crippen LogP contribution in [0.25, 0.3) is 10.9 Å². The van der Waals surface area contributed by atoms with Crippen LogP contribution < -0.4 is 0 Å². The van der Waals surface area contributed by atoms with Crippen LogP contribution >= 0.6 is 11.6 Å². The van der Waals surface area contributed by atoms with Gasteiger partial charge in [-0.2, -0.15) is 0 Å². The number of aromatic amines is 1. The second-order valence-electron chi connectivity index (χ2n) is 3.07. The predicted molar refractivity (Wildman–Crippen MR) is 54.6 cm³/mol. The zero-order chi connectivity index (χ0) is 10.1. The minimum atomic E-state index is -0.844. The van der Waals surface area contributed by atoms with Crippen molar-refractivity contribution in [3.63, 3.8) is 0 Å². The Hall–Kier alpha value is -1.48. The molecule has 0 unspecified atom stereocenters. The van der Waals surface area contributed by atoms with Gasteiger partial charge in [0.15, 0.2) is 0 Å². The summed E-state index contributed by atoms with van der Waals surface area (Å²) >= 11 is 5.79. The lowest BCUT2D eigenvalue weighted by atomic mass is 10.1. The number of hydrogen-bond acceptors (Lipinski definition) is 1. The first kappa shape index (κ1) is 9.09. The second-order valence-corrected chi connectivity index (χ2v) is 3.48. The minimum Gasteiger partial charge on any atom is -0.481 e. The highest BCUT2D eigenvalue weighted by Crippen LogP contribution is 2.22. The number of carboxylic acid groups (broad SMARTS) is 1. The van der Waals surface area contributed by atoms with Crippen molar-refractivity contribution in [2.24, 2.45) is 0 Å². The lowest BCUT2D eigenvalue weighted by Gasteiger charge is -1.98. The molecule has 0 aliphatic heterocycles. The van der Waals surface area contributed by atoms with E-state index in [2.05, 4.69) is 4.98 Å². The number of aromatic nitrogens is 1. The third-order valence-corrected chi connectivity index (χ3v) is 2.25. The van der Waals surface area contributed by atoms with Gasteiger partial charge in [0.1, 0.15) is 5.15 Å². The van der Waals surface area contributed by atoms with E-state index in [1.54, 1.807) is 12.1 Å². The maximum absolute atomic E-state index is 10.6. The molecular formula is C10H8ClNO2. The highest BCUT2D eigenvalue weighted by molar-refractivity contribution is 6.30. The molecule has 0 bridgehead atoms. The molecule has 0 radical (unpaired) electrons. The summed E-state index contributed by atoms with van der Waals surface area (Å²) in [6.45, 7) is 0. The van der Waals surface area contributed by atoms with E-state index in [9.17, 15) is 4.79 Å². The molecule has 0 amide bonds. The summed E-state index contributed by atoms with van der Waals surface area (Å²) in [5, 5.41) is 10.2. The van der Waals surface area contributed by atoms with Crippen molar-refractivity contribution in [3.8, 4) is 0 Å². The molecule has 0 fully saturated rings. The van der Waals surface area contributed by atoms with Crippen LogP contribution in [-0.4, -0.2) is 16.1 Å². The van der Waals surface area contributed by atoms with Crippen LogP contribution in [-0.2, 0) is 11.2 Å². The lowest BCUT2D eigenvalue weighted by Crippen LogP contribution is -2.00. The number of para-hydroxylation sites is 1. The number of halogens is 1. The molecule has 0 saturated carbocycles. The van der Waals surface area contributed by atoms with Gasteiger partial charge < -0.3 is 10.1 Å². The van der Waals surface area contributed by atoms with E-state index in [0.717, 1.165) is 16.5 Å². The number of H-pyrrole nitrogens is 1. The topological polar surface area (TPSA) is 53.1 Å². The van der Waals surface area contributed by atoms with Crippen LogP contribution in [0.2, 0.25) is 5.15 Å². The van der Waals surface area contributed by atoms with E-state index < -0.39 is 5.97 Å². The third-order valence-electron chi connectivity index (χ3n) is 2.05. The molecule has 4 heteroatoms. The highest BCUT2D eigenvalue weighted by atomic mass is 35.5. The quantitative estimate of drug-likeness (QED) is 0.798. The number of nitrogens with one attached hydrogen (secondary N) is 1. The minimum absolute atomic E-state index is 0.00812. The monoisotopic (exact) mass is 209 g/mol. The second kappa shape index (κ2) is 3.35. The fourth-order valence-electron chi connectivity index (χ4n) is 1.49. The lowest BCUT2D eigenvalue weighted by molar-refractivity contribution is -0.136. The van der Waals surface area contributed by atoms with Gasteiger partial charge in [-0.25, -0.2) is 0 Å². The number of benzene rings is 1. The van der Waals surface area contributed by atoms with Gasteiger partial charge >= 0.3 is 5.97 Å². The fraction of sp³-hybridized carbons (Fsp3) is 0.100. The average Bonchev–Trinajstić information content (AvgIpc) is 2.45. The zero-order valence-corrected chi connectivity index (χ0v) is 8.01. The van der Waals surface area contributed by atoms with Crippen LogP contribution in [0.15, 0.2) is 24.3 Å². The van der Waals surface area contributed by atoms with Crippen molar-refractivity contribution in [1.29, 1.82) is 0 Å². The first-order chi connectivity index (χ1) is 6.66. The molecule has 14 heavy (non-hydrogen) atoms. The van der Waals surface area contributed by atoms with Crippen LogP contribution in [0.5, 0.6) is 0 Å². The van der Waals surface area contributed by atoms with Gasteiger partial charge in [0.05, 0.1) is 11.9 Å². The molecule has 72 valence electrons. The summed E-state index contributed by atoms with van der Waals surface area (Å²) in [4.78, 5) is 13.5. The normalized spacial score (nSPS) is 10.6. The Labute approximate surface area is 85.3 Å². The maximum Gasteiger partial charge on any atom is 0.307 e. The van der Waals surface area contributed by atoms with Crippen molar-refractivity contribution in [1.82, 2.24) is 4.98 Å². The van der Waals surface area contributed by atoms with Gasteiger partial charge in [-0.05, 0) is 11.6 Å². The maximum atomic E-state index is 10.6. The number of rotatable bonds is 2. The van der Waals surface area contributed by atoms with Crippen LogP contribution in [0.4, 0.5) is 0 Å². The highest BCUT2D eigenvalue weighted by Gasteiger charge is 2.07. The Kier molecular flexibility index (Phi) is 2.17. The zero-order valence-electron chi connectivity index (χ0n) is 7.25. The van der Waals surface area contributed by atoms with E-state index >= 15 is 0 Å². The number of aliphatic carboxylic acids is 1. The fourth-order valence-corrected chi connectivity index (χ4v) is 1.71. The van der Waals surface area contributed by atoms with E-state index in [1.807, 2.05) is 12.1 Å². The first-order valence-electron chi connectivity index (χ1n) is 4.15. The van der Waals surface area contributed by atoms with Gasteiger partial charge in [0.2, 0.25) is 0 Å². The van der Waals surface area contributed by atoms with Crippen LogP contribution in [0.1, 0.15) is 5.56 Å².